The fraction of sp³-hybridized carbons (Fsp3) is 0.419. The number of halogens is 4. The average Bonchev–Trinajstić information content (AvgIpc) is 3.77. The molecule has 1 aromatic heterocycles. The highest BCUT2D eigenvalue weighted by Gasteiger charge is 2.39. The summed E-state index contributed by atoms with van der Waals surface area (Å²) >= 11 is 0. The van der Waals surface area contributed by atoms with Crippen molar-refractivity contribution in [2.45, 2.75) is 45.0 Å². The number of alkyl halides is 2. The Hall–Kier alpha value is -4.86. The van der Waals surface area contributed by atoms with Gasteiger partial charge < -0.3 is 34.6 Å². The predicted octanol–water partition coefficient (Wildman–Crippen LogP) is 4.24. The van der Waals surface area contributed by atoms with Gasteiger partial charge in [-0.2, -0.15) is 8.78 Å². The number of ether oxygens (including phenoxy) is 3. The number of benzene rings is 2. The molecule has 2 heterocycles. The number of hydrogen-bond donors (Lipinski definition) is 2. The first kappa shape index (κ1) is 33.5. The smallest absolute Gasteiger partial charge is 0.410 e. The zero-order chi connectivity index (χ0) is 33.8. The van der Waals surface area contributed by atoms with Crippen LogP contribution >= 0.6 is 0 Å². The van der Waals surface area contributed by atoms with E-state index in [2.05, 4.69) is 15.0 Å². The van der Waals surface area contributed by atoms with Gasteiger partial charge in [0.25, 0.3) is 5.91 Å². The minimum absolute atomic E-state index is 0.0102. The first-order valence-electron chi connectivity index (χ1n) is 14.8. The van der Waals surface area contributed by atoms with Gasteiger partial charge in [-0.25, -0.2) is 18.6 Å². The minimum atomic E-state index is -3.07. The lowest BCUT2D eigenvalue weighted by Gasteiger charge is -2.39. The average molecular weight is 664 g/mol. The number of hydrogen-bond acceptors (Lipinski definition) is 9. The van der Waals surface area contributed by atoms with Crippen molar-refractivity contribution in [3.63, 3.8) is 0 Å². The third kappa shape index (κ3) is 7.93. The molecular weight excluding hydrogens is 630 g/mol. The quantitative estimate of drug-likeness (QED) is 0.287. The van der Waals surface area contributed by atoms with Crippen LogP contribution in [0.3, 0.4) is 0 Å². The second-order valence-corrected chi connectivity index (χ2v) is 11.2. The Kier molecular flexibility index (Phi) is 10.2. The molecule has 1 unspecified atom stereocenters. The summed E-state index contributed by atoms with van der Waals surface area (Å²) in [6.07, 6.45) is 1.12. The van der Waals surface area contributed by atoms with E-state index in [0.29, 0.717) is 24.2 Å². The van der Waals surface area contributed by atoms with Crippen LogP contribution < -0.4 is 20.5 Å². The Balaban J connectivity index is 1.38. The Morgan fingerprint density at radius 1 is 1.11 bits per heavy atom. The number of carbonyl (C=O) groups is 3. The van der Waals surface area contributed by atoms with Gasteiger partial charge in [0.1, 0.15) is 17.7 Å². The van der Waals surface area contributed by atoms with E-state index in [1.54, 1.807) is 6.92 Å². The van der Waals surface area contributed by atoms with Crippen LogP contribution in [0.4, 0.5) is 22.4 Å². The van der Waals surface area contributed by atoms with E-state index in [1.165, 1.54) is 29.2 Å². The standard InChI is InChI=1S/C31H33F4N5O7/c1-16(36)26-25(38-28(47-26)18-6-8-23(46-30(34)35)24(11-18)45-15-17-3-4-17)29(42)39-9-10-40(31(43)44-2)22(14-39)27(41)37-13-19-5-7-20(32)12-21(19)33/h5-8,11-12,16-17,22,30H,3-4,9-10,13-15,36H2,1-2H3,(H,37,41)/t16-,22?/m0/s1. The van der Waals surface area contributed by atoms with Gasteiger partial charge in [-0.05, 0) is 49.9 Å². The first-order valence-corrected chi connectivity index (χ1v) is 14.8. The van der Waals surface area contributed by atoms with Crippen molar-refractivity contribution >= 4 is 17.9 Å². The lowest BCUT2D eigenvalue weighted by Crippen LogP contribution is -2.61. The van der Waals surface area contributed by atoms with Crippen molar-refractivity contribution in [1.82, 2.24) is 20.1 Å². The Bertz CT molecular complexity index is 1630. The van der Waals surface area contributed by atoms with E-state index in [0.717, 1.165) is 30.9 Å². The molecule has 2 atom stereocenters. The molecule has 2 aliphatic rings. The molecule has 0 radical (unpaired) electrons. The van der Waals surface area contributed by atoms with Crippen LogP contribution in [0.2, 0.25) is 0 Å². The van der Waals surface area contributed by atoms with Gasteiger partial charge in [0.2, 0.25) is 11.8 Å². The van der Waals surface area contributed by atoms with E-state index in [1.807, 2.05) is 0 Å². The summed E-state index contributed by atoms with van der Waals surface area (Å²) < 4.78 is 74.5. The van der Waals surface area contributed by atoms with Crippen molar-refractivity contribution in [1.29, 1.82) is 0 Å². The highest BCUT2D eigenvalue weighted by molar-refractivity contribution is 5.95. The van der Waals surface area contributed by atoms with Crippen molar-refractivity contribution < 1.29 is 50.6 Å². The van der Waals surface area contributed by atoms with Crippen LogP contribution in [-0.2, 0) is 16.1 Å². The maximum Gasteiger partial charge on any atom is 0.410 e. The van der Waals surface area contributed by atoms with E-state index >= 15 is 0 Å². The molecule has 12 nitrogen and oxygen atoms in total. The Labute approximate surface area is 266 Å². The van der Waals surface area contributed by atoms with Crippen molar-refractivity contribution in [3.05, 3.63) is 65.1 Å². The van der Waals surface area contributed by atoms with Crippen molar-refractivity contribution in [2.75, 3.05) is 33.4 Å². The minimum Gasteiger partial charge on any atom is -0.489 e. The molecule has 2 fully saturated rings. The number of piperazine rings is 1. The van der Waals surface area contributed by atoms with Crippen LogP contribution in [0.25, 0.3) is 11.5 Å². The number of nitrogens with two attached hydrogens (primary N) is 1. The second-order valence-electron chi connectivity index (χ2n) is 11.2. The van der Waals surface area contributed by atoms with Gasteiger partial charge in [-0.15, -0.1) is 0 Å². The highest BCUT2D eigenvalue weighted by atomic mass is 19.3. The lowest BCUT2D eigenvalue weighted by atomic mass is 10.1. The molecule has 0 bridgehead atoms. The van der Waals surface area contributed by atoms with Crippen LogP contribution in [0.15, 0.2) is 40.8 Å². The van der Waals surface area contributed by atoms with Crippen molar-refractivity contribution in [2.24, 2.45) is 11.7 Å². The number of carbonyl (C=O) groups excluding carboxylic acids is 3. The normalized spacial score (nSPS) is 17.0. The van der Waals surface area contributed by atoms with Crippen LogP contribution in [-0.4, -0.2) is 78.7 Å². The van der Waals surface area contributed by atoms with Crippen LogP contribution in [0.1, 0.15) is 47.6 Å². The Morgan fingerprint density at radius 2 is 1.87 bits per heavy atom. The van der Waals surface area contributed by atoms with E-state index in [-0.39, 0.29) is 60.6 Å². The molecular formula is C31H33F4N5O7. The first-order chi connectivity index (χ1) is 22.4. The van der Waals surface area contributed by atoms with Crippen molar-refractivity contribution in [3.8, 4) is 23.0 Å². The molecule has 5 rings (SSSR count). The third-order valence-corrected chi connectivity index (χ3v) is 7.70. The predicted molar refractivity (Wildman–Crippen MR) is 156 cm³/mol. The molecule has 1 saturated heterocycles. The van der Waals surface area contributed by atoms with Gasteiger partial charge in [0.05, 0.1) is 26.3 Å². The number of methoxy groups -OCH3 is 1. The number of nitrogens with zero attached hydrogens (tertiary/aromatic N) is 3. The third-order valence-electron chi connectivity index (χ3n) is 7.70. The zero-order valence-electron chi connectivity index (χ0n) is 25.5. The SMILES string of the molecule is COC(=O)N1CCN(C(=O)c2nc(-c3ccc(OC(F)F)c(OCC4CC4)c3)oc2[C@H](C)N)CC1C(=O)NCc1ccc(F)cc1F. The molecule has 1 aliphatic carbocycles. The van der Waals surface area contributed by atoms with E-state index in [9.17, 15) is 31.9 Å². The molecule has 0 spiro atoms. The largest absolute Gasteiger partial charge is 0.489 e. The molecule has 2 aromatic carbocycles. The Morgan fingerprint density at radius 3 is 2.53 bits per heavy atom. The van der Waals surface area contributed by atoms with E-state index in [4.69, 9.17) is 19.6 Å². The number of nitrogens with one attached hydrogen (secondary N) is 1. The monoisotopic (exact) mass is 663 g/mol. The molecule has 3 aromatic rings. The second kappa shape index (κ2) is 14.3. The fourth-order valence-corrected chi connectivity index (χ4v) is 5.00. The zero-order valence-corrected chi connectivity index (χ0v) is 25.5. The number of rotatable bonds is 11. The van der Waals surface area contributed by atoms with Crippen LogP contribution in [0.5, 0.6) is 11.5 Å². The number of amides is 3. The van der Waals surface area contributed by atoms with Gasteiger partial charge in [0, 0.05) is 36.8 Å². The lowest BCUT2D eigenvalue weighted by molar-refractivity contribution is -0.127. The molecule has 47 heavy (non-hydrogen) atoms. The summed E-state index contributed by atoms with van der Waals surface area (Å²) in [6, 6.07) is 5.00. The van der Waals surface area contributed by atoms with Crippen LogP contribution in [0, 0.1) is 17.6 Å². The summed E-state index contributed by atoms with van der Waals surface area (Å²) in [5.74, 6) is -2.81. The van der Waals surface area contributed by atoms with Gasteiger partial charge in [-0.1, -0.05) is 6.07 Å². The van der Waals surface area contributed by atoms with E-state index < -0.39 is 48.2 Å². The molecule has 3 N–H and O–H groups in total. The summed E-state index contributed by atoms with van der Waals surface area (Å²) in [7, 11) is 1.14. The van der Waals surface area contributed by atoms with Gasteiger partial charge >= 0.3 is 12.7 Å². The summed E-state index contributed by atoms with van der Waals surface area (Å²) in [6.45, 7) is -1.88. The summed E-state index contributed by atoms with van der Waals surface area (Å²) in [4.78, 5) is 46.4. The fourth-order valence-electron chi connectivity index (χ4n) is 5.00. The topological polar surface area (TPSA) is 149 Å². The molecule has 1 saturated carbocycles. The maximum absolute atomic E-state index is 14.2. The maximum atomic E-state index is 14.2. The molecule has 3 amide bonds. The van der Waals surface area contributed by atoms with Gasteiger partial charge in [0.15, 0.2) is 23.0 Å². The molecule has 16 heteroatoms. The molecule has 1 aliphatic heterocycles. The molecule has 252 valence electrons. The van der Waals surface area contributed by atoms with Gasteiger partial charge in [-0.3, -0.25) is 14.5 Å². The number of aromatic nitrogens is 1. The highest BCUT2D eigenvalue weighted by Crippen LogP contribution is 2.37. The summed E-state index contributed by atoms with van der Waals surface area (Å²) in [5, 5.41) is 2.52. The number of oxazole rings is 1. The summed E-state index contributed by atoms with van der Waals surface area (Å²) in [5.41, 5.74) is 6.29.